The Kier molecular flexibility index (Phi) is 5.71. The van der Waals surface area contributed by atoms with Gasteiger partial charge in [0, 0.05) is 36.5 Å². The third kappa shape index (κ3) is 4.16. The molecule has 0 bridgehead atoms. The summed E-state index contributed by atoms with van der Waals surface area (Å²) in [5, 5.41) is 5.78. The highest BCUT2D eigenvalue weighted by atomic mass is 35.5. The van der Waals surface area contributed by atoms with Crippen molar-refractivity contribution in [1.82, 2.24) is 15.2 Å². The summed E-state index contributed by atoms with van der Waals surface area (Å²) >= 11 is 7.54. The lowest BCUT2D eigenvalue weighted by atomic mass is 10.1. The Bertz CT molecular complexity index is 1280. The van der Waals surface area contributed by atoms with E-state index in [4.69, 9.17) is 16.0 Å². The molecule has 32 heavy (non-hydrogen) atoms. The molecule has 1 N–H and O–H groups in total. The number of fused-ring (bicyclic) bond motifs is 1. The molecule has 1 atom stereocenters. The Labute approximate surface area is 193 Å². The molecule has 1 unspecified atom stereocenters. The molecule has 1 aliphatic heterocycles. The van der Waals surface area contributed by atoms with Crippen molar-refractivity contribution in [2.24, 2.45) is 0 Å². The van der Waals surface area contributed by atoms with Crippen molar-refractivity contribution in [2.45, 2.75) is 19.4 Å². The van der Waals surface area contributed by atoms with E-state index >= 15 is 0 Å². The number of carbonyl (C=O) groups is 1. The number of piperazine rings is 1. The number of rotatable bonds is 4. The second kappa shape index (κ2) is 8.65. The highest BCUT2D eigenvalue weighted by Crippen LogP contribution is 2.32. The molecule has 1 aliphatic rings. The second-order valence-corrected chi connectivity index (χ2v) is 9.51. The summed E-state index contributed by atoms with van der Waals surface area (Å²) in [6, 6.07) is 13.6. The van der Waals surface area contributed by atoms with Gasteiger partial charge in [0.2, 0.25) is 0 Å². The standard InChI is InChI=1S/C24H21ClFN3O2S/c1-14-28-22(23(32-14)15-2-5-18(26)6-3-15)24(30)29-9-8-27-13-19(29)12-20-11-16-10-17(25)4-7-21(16)31-20/h2-7,10-11,19,27H,8-9,12-13H2,1H3. The van der Waals surface area contributed by atoms with Gasteiger partial charge in [0.05, 0.1) is 15.9 Å². The van der Waals surface area contributed by atoms with Crippen molar-refractivity contribution in [3.8, 4) is 10.4 Å². The fourth-order valence-corrected chi connectivity index (χ4v) is 5.21. The monoisotopic (exact) mass is 469 g/mol. The van der Waals surface area contributed by atoms with Crippen molar-refractivity contribution in [2.75, 3.05) is 19.6 Å². The van der Waals surface area contributed by atoms with Gasteiger partial charge in [-0.2, -0.15) is 0 Å². The van der Waals surface area contributed by atoms with E-state index in [1.807, 2.05) is 30.0 Å². The second-order valence-electron chi connectivity index (χ2n) is 7.87. The molecule has 1 saturated heterocycles. The van der Waals surface area contributed by atoms with Crippen LogP contribution in [0.4, 0.5) is 4.39 Å². The zero-order valence-corrected chi connectivity index (χ0v) is 19.0. The molecule has 0 spiro atoms. The Morgan fingerprint density at radius 2 is 2.09 bits per heavy atom. The maximum absolute atomic E-state index is 13.6. The first-order valence-electron chi connectivity index (χ1n) is 10.4. The van der Waals surface area contributed by atoms with Crippen molar-refractivity contribution in [1.29, 1.82) is 0 Å². The number of aryl methyl sites for hydroxylation is 1. The summed E-state index contributed by atoms with van der Waals surface area (Å²) in [5.41, 5.74) is 1.99. The normalized spacial score (nSPS) is 16.6. The quantitative estimate of drug-likeness (QED) is 0.440. The Balaban J connectivity index is 1.43. The van der Waals surface area contributed by atoms with E-state index in [1.165, 1.54) is 23.5 Å². The van der Waals surface area contributed by atoms with Gasteiger partial charge in [0.25, 0.3) is 5.91 Å². The van der Waals surface area contributed by atoms with Crippen molar-refractivity contribution >= 4 is 39.8 Å². The molecule has 3 heterocycles. The maximum atomic E-state index is 13.6. The average molecular weight is 470 g/mol. The van der Waals surface area contributed by atoms with Crippen molar-refractivity contribution in [3.05, 3.63) is 75.8 Å². The number of thiazole rings is 1. The third-order valence-corrected chi connectivity index (χ3v) is 6.88. The van der Waals surface area contributed by atoms with Gasteiger partial charge < -0.3 is 14.6 Å². The van der Waals surface area contributed by atoms with E-state index in [9.17, 15) is 9.18 Å². The number of nitrogens with zero attached hydrogens (tertiary/aromatic N) is 2. The number of hydrogen-bond donors (Lipinski definition) is 1. The number of halogens is 2. The number of amides is 1. The molecule has 0 saturated carbocycles. The number of carbonyl (C=O) groups excluding carboxylic acids is 1. The van der Waals surface area contributed by atoms with Crippen LogP contribution in [0.2, 0.25) is 5.02 Å². The fourth-order valence-electron chi connectivity index (χ4n) is 4.12. The first-order chi connectivity index (χ1) is 15.5. The van der Waals surface area contributed by atoms with Crippen LogP contribution in [0, 0.1) is 12.7 Å². The molecule has 2 aromatic carbocycles. The lowest BCUT2D eigenvalue weighted by molar-refractivity contribution is 0.0626. The van der Waals surface area contributed by atoms with E-state index in [-0.39, 0.29) is 17.8 Å². The summed E-state index contributed by atoms with van der Waals surface area (Å²) in [6.45, 7) is 3.84. The highest BCUT2D eigenvalue weighted by molar-refractivity contribution is 7.15. The topological polar surface area (TPSA) is 58.4 Å². The van der Waals surface area contributed by atoms with Gasteiger partial charge >= 0.3 is 0 Å². The molecule has 5 nitrogen and oxygen atoms in total. The van der Waals surface area contributed by atoms with E-state index in [1.54, 1.807) is 18.2 Å². The smallest absolute Gasteiger partial charge is 0.274 e. The summed E-state index contributed by atoms with van der Waals surface area (Å²) in [5.74, 6) is 0.387. The van der Waals surface area contributed by atoms with Crippen LogP contribution in [0.3, 0.4) is 0 Å². The van der Waals surface area contributed by atoms with E-state index in [0.29, 0.717) is 36.8 Å². The number of furan rings is 1. The first-order valence-corrected chi connectivity index (χ1v) is 11.6. The van der Waals surface area contributed by atoms with Crippen LogP contribution in [0.15, 0.2) is 52.9 Å². The van der Waals surface area contributed by atoms with Crippen LogP contribution in [0.5, 0.6) is 0 Å². The first kappa shape index (κ1) is 21.1. The number of aromatic nitrogens is 1. The van der Waals surface area contributed by atoms with E-state index < -0.39 is 0 Å². The largest absolute Gasteiger partial charge is 0.461 e. The lowest BCUT2D eigenvalue weighted by Gasteiger charge is -2.35. The molecule has 8 heteroatoms. The van der Waals surface area contributed by atoms with Crippen molar-refractivity contribution in [3.63, 3.8) is 0 Å². The van der Waals surface area contributed by atoms with Crippen LogP contribution in [0.1, 0.15) is 21.3 Å². The minimum Gasteiger partial charge on any atom is -0.461 e. The summed E-state index contributed by atoms with van der Waals surface area (Å²) in [6.07, 6.45) is 0.583. The van der Waals surface area contributed by atoms with Gasteiger partial charge in [-0.25, -0.2) is 9.37 Å². The molecule has 1 amide bonds. The molecule has 2 aromatic heterocycles. The van der Waals surface area contributed by atoms with Gasteiger partial charge in [0.15, 0.2) is 0 Å². The molecule has 0 radical (unpaired) electrons. The molecule has 1 fully saturated rings. The Morgan fingerprint density at radius 3 is 2.91 bits per heavy atom. The van der Waals surface area contributed by atoms with Gasteiger partial charge in [-0.15, -0.1) is 11.3 Å². The molecule has 164 valence electrons. The van der Waals surface area contributed by atoms with Gasteiger partial charge in [-0.05, 0) is 48.9 Å². The van der Waals surface area contributed by atoms with E-state index in [2.05, 4.69) is 10.3 Å². The van der Waals surface area contributed by atoms with Gasteiger partial charge in [-0.3, -0.25) is 4.79 Å². The Hall–Kier alpha value is -2.74. The van der Waals surface area contributed by atoms with Gasteiger partial charge in [0.1, 0.15) is 22.9 Å². The lowest BCUT2D eigenvalue weighted by Crippen LogP contribution is -2.54. The van der Waals surface area contributed by atoms with Crippen molar-refractivity contribution < 1.29 is 13.6 Å². The summed E-state index contributed by atoms with van der Waals surface area (Å²) < 4.78 is 19.4. The molecular formula is C24H21ClFN3O2S. The summed E-state index contributed by atoms with van der Waals surface area (Å²) in [4.78, 5) is 20.8. The fraction of sp³-hybridized carbons (Fsp3) is 0.250. The molecular weight excluding hydrogens is 449 g/mol. The maximum Gasteiger partial charge on any atom is 0.274 e. The molecule has 4 aromatic rings. The third-order valence-electron chi connectivity index (χ3n) is 5.62. The zero-order chi connectivity index (χ0) is 22.2. The minimum atomic E-state index is -0.308. The number of benzene rings is 2. The summed E-state index contributed by atoms with van der Waals surface area (Å²) in [7, 11) is 0. The minimum absolute atomic E-state index is 0.0737. The zero-order valence-electron chi connectivity index (χ0n) is 17.4. The number of nitrogens with one attached hydrogen (secondary N) is 1. The number of hydrogen-bond acceptors (Lipinski definition) is 5. The van der Waals surface area contributed by atoms with Gasteiger partial charge in [-0.1, -0.05) is 23.7 Å². The predicted molar refractivity (Wildman–Crippen MR) is 125 cm³/mol. The van der Waals surface area contributed by atoms with Crippen LogP contribution in [0.25, 0.3) is 21.4 Å². The predicted octanol–water partition coefficient (Wildman–Crippen LogP) is 5.31. The Morgan fingerprint density at radius 1 is 1.28 bits per heavy atom. The molecule has 0 aliphatic carbocycles. The average Bonchev–Trinajstić information content (AvgIpc) is 3.36. The van der Waals surface area contributed by atoms with Crippen LogP contribution in [-0.4, -0.2) is 41.5 Å². The van der Waals surface area contributed by atoms with Crippen LogP contribution in [-0.2, 0) is 6.42 Å². The van der Waals surface area contributed by atoms with Crippen LogP contribution < -0.4 is 5.32 Å². The molecule has 5 rings (SSSR count). The van der Waals surface area contributed by atoms with E-state index in [0.717, 1.165) is 32.2 Å². The van der Waals surface area contributed by atoms with Crippen LogP contribution >= 0.6 is 22.9 Å². The highest BCUT2D eigenvalue weighted by Gasteiger charge is 2.31. The SMILES string of the molecule is Cc1nc(C(=O)N2CCNCC2Cc2cc3cc(Cl)ccc3o2)c(-c2ccc(F)cc2)s1.